The SMILES string of the molecule is O[C@@H](Cn1ccc2ccccc21)C[NH+]1CCCC1. The second kappa shape index (κ2) is 5.12. The smallest absolute Gasteiger partial charge is 0.121 e. The molecule has 0 amide bonds. The van der Waals surface area contributed by atoms with Crippen LogP contribution >= 0.6 is 0 Å². The maximum Gasteiger partial charge on any atom is 0.121 e. The largest absolute Gasteiger partial charge is 0.385 e. The maximum absolute atomic E-state index is 10.2. The quantitative estimate of drug-likeness (QED) is 0.815. The summed E-state index contributed by atoms with van der Waals surface area (Å²) < 4.78 is 2.16. The number of hydrogen-bond donors (Lipinski definition) is 2. The van der Waals surface area contributed by atoms with Crippen LogP contribution in [0.15, 0.2) is 36.5 Å². The number of benzene rings is 1. The Hall–Kier alpha value is -1.32. The minimum Gasteiger partial charge on any atom is -0.385 e. The molecule has 2 aromatic rings. The van der Waals surface area contributed by atoms with Gasteiger partial charge in [-0.1, -0.05) is 18.2 Å². The zero-order valence-corrected chi connectivity index (χ0v) is 10.7. The average Bonchev–Trinajstić information content (AvgIpc) is 3.00. The van der Waals surface area contributed by atoms with Crippen molar-refractivity contribution in [3.8, 4) is 0 Å². The van der Waals surface area contributed by atoms with Gasteiger partial charge >= 0.3 is 0 Å². The number of hydrogen-bond acceptors (Lipinski definition) is 1. The summed E-state index contributed by atoms with van der Waals surface area (Å²) in [6.45, 7) is 4.04. The third-order valence-electron chi connectivity index (χ3n) is 3.92. The highest BCUT2D eigenvalue weighted by Crippen LogP contribution is 2.15. The molecule has 0 bridgehead atoms. The van der Waals surface area contributed by atoms with Crippen molar-refractivity contribution in [2.75, 3.05) is 19.6 Å². The molecule has 3 nitrogen and oxygen atoms in total. The van der Waals surface area contributed by atoms with E-state index in [1.54, 1.807) is 4.90 Å². The third-order valence-corrected chi connectivity index (χ3v) is 3.92. The predicted molar refractivity (Wildman–Crippen MR) is 72.7 cm³/mol. The second-order valence-electron chi connectivity index (χ2n) is 5.34. The summed E-state index contributed by atoms with van der Waals surface area (Å²) in [5, 5.41) is 11.4. The molecule has 0 unspecified atom stereocenters. The van der Waals surface area contributed by atoms with E-state index in [4.69, 9.17) is 0 Å². The molecular weight excluding hydrogens is 224 g/mol. The van der Waals surface area contributed by atoms with Gasteiger partial charge in [0.1, 0.15) is 12.6 Å². The van der Waals surface area contributed by atoms with Crippen molar-refractivity contribution >= 4 is 10.9 Å². The second-order valence-corrected chi connectivity index (χ2v) is 5.34. The summed E-state index contributed by atoms with van der Waals surface area (Å²) in [6, 6.07) is 10.5. The molecule has 1 aliphatic rings. The lowest BCUT2D eigenvalue weighted by Crippen LogP contribution is -3.11. The van der Waals surface area contributed by atoms with Crippen LogP contribution in [0.4, 0.5) is 0 Å². The Labute approximate surface area is 108 Å². The van der Waals surface area contributed by atoms with E-state index in [1.165, 1.54) is 36.8 Å². The minimum atomic E-state index is -0.242. The van der Waals surface area contributed by atoms with Gasteiger partial charge in [-0.2, -0.15) is 0 Å². The molecule has 0 aliphatic carbocycles. The van der Waals surface area contributed by atoms with E-state index in [0.29, 0.717) is 6.54 Å². The molecule has 3 heteroatoms. The first kappa shape index (κ1) is 11.8. The van der Waals surface area contributed by atoms with E-state index in [-0.39, 0.29) is 6.10 Å². The Balaban J connectivity index is 1.67. The van der Waals surface area contributed by atoms with Gasteiger partial charge in [-0.05, 0) is 17.5 Å². The molecule has 1 aliphatic heterocycles. The number of nitrogens with zero attached hydrogens (tertiary/aromatic N) is 1. The van der Waals surface area contributed by atoms with E-state index < -0.39 is 0 Å². The minimum absolute atomic E-state index is 0.242. The monoisotopic (exact) mass is 245 g/mol. The van der Waals surface area contributed by atoms with Crippen molar-refractivity contribution in [3.05, 3.63) is 36.5 Å². The fraction of sp³-hybridized carbons (Fsp3) is 0.467. The normalized spacial score (nSPS) is 18.5. The van der Waals surface area contributed by atoms with Gasteiger partial charge in [0, 0.05) is 24.6 Å². The standard InChI is InChI=1S/C15H20N2O/c18-14(11-16-8-3-4-9-16)12-17-10-7-13-5-1-2-6-15(13)17/h1-2,5-7,10,14,18H,3-4,8-9,11-12H2/p+1/t14-/m1/s1. The summed E-state index contributed by atoms with van der Waals surface area (Å²) in [7, 11) is 0. The molecule has 1 saturated heterocycles. The Morgan fingerprint density at radius 2 is 1.94 bits per heavy atom. The third kappa shape index (κ3) is 2.42. The van der Waals surface area contributed by atoms with Crippen molar-refractivity contribution < 1.29 is 10.0 Å². The number of rotatable bonds is 4. The van der Waals surface area contributed by atoms with Crippen LogP contribution < -0.4 is 4.90 Å². The van der Waals surface area contributed by atoms with Crippen LogP contribution in [0.5, 0.6) is 0 Å². The number of aliphatic hydroxyl groups is 1. The van der Waals surface area contributed by atoms with Crippen LogP contribution in [0.1, 0.15) is 12.8 Å². The van der Waals surface area contributed by atoms with Crippen molar-refractivity contribution in [3.63, 3.8) is 0 Å². The first-order chi connectivity index (χ1) is 8.83. The van der Waals surface area contributed by atoms with Gasteiger partial charge in [-0.3, -0.25) is 0 Å². The number of para-hydroxylation sites is 1. The Bertz CT molecular complexity index is 514. The molecule has 18 heavy (non-hydrogen) atoms. The Morgan fingerprint density at radius 1 is 1.17 bits per heavy atom. The topological polar surface area (TPSA) is 29.6 Å². The van der Waals surface area contributed by atoms with Crippen LogP contribution in [0.3, 0.4) is 0 Å². The molecule has 2 N–H and O–H groups in total. The first-order valence-corrected chi connectivity index (χ1v) is 6.88. The maximum atomic E-state index is 10.2. The molecule has 1 atom stereocenters. The number of aromatic nitrogens is 1. The fourth-order valence-corrected chi connectivity index (χ4v) is 3.00. The first-order valence-electron chi connectivity index (χ1n) is 6.88. The molecule has 96 valence electrons. The number of fused-ring (bicyclic) bond motifs is 1. The lowest BCUT2D eigenvalue weighted by Gasteiger charge is -2.17. The molecule has 0 spiro atoms. The molecule has 1 fully saturated rings. The van der Waals surface area contributed by atoms with Gasteiger partial charge < -0.3 is 14.6 Å². The molecule has 3 rings (SSSR count). The lowest BCUT2D eigenvalue weighted by molar-refractivity contribution is -0.890. The van der Waals surface area contributed by atoms with E-state index in [2.05, 4.69) is 41.1 Å². The highest BCUT2D eigenvalue weighted by Gasteiger charge is 2.19. The van der Waals surface area contributed by atoms with Crippen LogP contribution in [-0.2, 0) is 6.54 Å². The van der Waals surface area contributed by atoms with E-state index in [1.807, 2.05) is 0 Å². The molecule has 1 aromatic carbocycles. The van der Waals surface area contributed by atoms with Gasteiger partial charge in [0.15, 0.2) is 0 Å². The van der Waals surface area contributed by atoms with Gasteiger partial charge in [-0.25, -0.2) is 0 Å². The zero-order chi connectivity index (χ0) is 12.4. The molecule has 0 saturated carbocycles. The summed E-state index contributed by atoms with van der Waals surface area (Å²) in [4.78, 5) is 1.55. The molecule has 0 radical (unpaired) electrons. The van der Waals surface area contributed by atoms with E-state index in [9.17, 15) is 5.11 Å². The van der Waals surface area contributed by atoms with Crippen LogP contribution in [-0.4, -0.2) is 35.4 Å². The summed E-state index contributed by atoms with van der Waals surface area (Å²) >= 11 is 0. The predicted octanol–water partition coefficient (Wildman–Crippen LogP) is 0.681. The number of nitrogens with one attached hydrogen (secondary N) is 1. The Kier molecular flexibility index (Phi) is 3.35. The summed E-state index contributed by atoms with van der Waals surface area (Å²) in [5.74, 6) is 0. The van der Waals surface area contributed by atoms with E-state index in [0.717, 1.165) is 6.54 Å². The molecule has 2 heterocycles. The summed E-state index contributed by atoms with van der Waals surface area (Å²) in [6.07, 6.45) is 4.46. The fourth-order valence-electron chi connectivity index (χ4n) is 3.00. The van der Waals surface area contributed by atoms with Crippen molar-refractivity contribution in [2.24, 2.45) is 0 Å². The van der Waals surface area contributed by atoms with Crippen molar-refractivity contribution in [2.45, 2.75) is 25.5 Å². The van der Waals surface area contributed by atoms with Crippen molar-refractivity contribution in [1.82, 2.24) is 4.57 Å². The van der Waals surface area contributed by atoms with Gasteiger partial charge in [0.2, 0.25) is 0 Å². The Morgan fingerprint density at radius 3 is 2.78 bits per heavy atom. The van der Waals surface area contributed by atoms with Crippen LogP contribution in [0.25, 0.3) is 10.9 Å². The summed E-state index contributed by atoms with van der Waals surface area (Å²) in [5.41, 5.74) is 1.22. The number of aliphatic hydroxyl groups excluding tert-OH is 1. The van der Waals surface area contributed by atoms with Gasteiger partial charge in [0.25, 0.3) is 0 Å². The van der Waals surface area contributed by atoms with Crippen LogP contribution in [0.2, 0.25) is 0 Å². The average molecular weight is 245 g/mol. The molecular formula is C15H21N2O+. The zero-order valence-electron chi connectivity index (χ0n) is 10.7. The number of quaternary nitrogens is 1. The van der Waals surface area contributed by atoms with Crippen LogP contribution in [0, 0.1) is 0 Å². The number of likely N-dealkylation sites (tertiary alicyclic amines) is 1. The highest BCUT2D eigenvalue weighted by atomic mass is 16.3. The van der Waals surface area contributed by atoms with Crippen molar-refractivity contribution in [1.29, 1.82) is 0 Å². The van der Waals surface area contributed by atoms with E-state index >= 15 is 0 Å². The molecule has 1 aromatic heterocycles. The highest BCUT2D eigenvalue weighted by molar-refractivity contribution is 5.79. The van der Waals surface area contributed by atoms with Gasteiger partial charge in [0.05, 0.1) is 19.6 Å². The van der Waals surface area contributed by atoms with Gasteiger partial charge in [-0.15, -0.1) is 0 Å². The lowest BCUT2D eigenvalue weighted by atomic mass is 10.2.